The first kappa shape index (κ1) is 14.6. The first-order valence-electron chi connectivity index (χ1n) is 5.72. The molecule has 0 bridgehead atoms. The van der Waals surface area contributed by atoms with E-state index in [0.29, 0.717) is 16.5 Å². The smallest absolute Gasteiger partial charge is 0.269 e. The van der Waals surface area contributed by atoms with Crippen LogP contribution in [0.3, 0.4) is 0 Å². The van der Waals surface area contributed by atoms with Gasteiger partial charge in [-0.3, -0.25) is 16.0 Å². The minimum absolute atomic E-state index is 0.0469. The Morgan fingerprint density at radius 3 is 2.75 bits per heavy atom. The number of nitrogen functional groups attached to an aromatic ring is 1. The molecule has 104 valence electrons. The fourth-order valence-electron chi connectivity index (χ4n) is 1.67. The van der Waals surface area contributed by atoms with Gasteiger partial charge < -0.3 is 5.43 Å². The number of thioether (sulfide) groups is 1. The van der Waals surface area contributed by atoms with Crippen molar-refractivity contribution in [2.24, 2.45) is 5.84 Å². The second-order valence-electron chi connectivity index (χ2n) is 3.99. The molecule has 0 amide bonds. The Morgan fingerprint density at radius 1 is 1.30 bits per heavy atom. The third kappa shape index (κ3) is 3.63. The second kappa shape index (κ2) is 6.60. The second-order valence-corrected chi connectivity index (χ2v) is 5.47. The number of nitrogens with zero attached hydrogens (tertiary/aromatic N) is 1. The van der Waals surface area contributed by atoms with Gasteiger partial charge in [-0.1, -0.05) is 17.7 Å². The van der Waals surface area contributed by atoms with Crippen LogP contribution in [0.5, 0.6) is 0 Å². The number of anilines is 1. The maximum atomic E-state index is 10.8. The van der Waals surface area contributed by atoms with Crippen molar-refractivity contribution in [3.8, 4) is 0 Å². The predicted molar refractivity (Wildman–Crippen MR) is 81.9 cm³/mol. The molecule has 0 aliphatic rings. The normalized spacial score (nSPS) is 10.3. The zero-order chi connectivity index (χ0) is 14.5. The maximum absolute atomic E-state index is 10.8. The zero-order valence-corrected chi connectivity index (χ0v) is 11.9. The van der Waals surface area contributed by atoms with Crippen molar-refractivity contribution >= 4 is 34.7 Å². The number of halogens is 1. The molecule has 0 heterocycles. The van der Waals surface area contributed by atoms with E-state index in [4.69, 9.17) is 17.4 Å². The standard InChI is InChI=1S/C13H12ClN3O2S/c14-10-2-1-3-12(7-10)20-8-9-6-11(17(18)19)4-5-13(9)16-15/h1-7,16H,8,15H2. The quantitative estimate of drug-likeness (QED) is 0.380. The van der Waals surface area contributed by atoms with Gasteiger partial charge in [-0.15, -0.1) is 11.8 Å². The van der Waals surface area contributed by atoms with Crippen LogP contribution >= 0.6 is 23.4 Å². The van der Waals surface area contributed by atoms with Gasteiger partial charge in [0.1, 0.15) is 0 Å². The highest BCUT2D eigenvalue weighted by Crippen LogP contribution is 2.30. The van der Waals surface area contributed by atoms with Crippen molar-refractivity contribution in [1.29, 1.82) is 0 Å². The summed E-state index contributed by atoms with van der Waals surface area (Å²) < 4.78 is 0. The molecule has 2 rings (SSSR count). The van der Waals surface area contributed by atoms with Crippen LogP contribution in [-0.2, 0) is 5.75 Å². The number of hydrazine groups is 1. The maximum Gasteiger partial charge on any atom is 0.269 e. The summed E-state index contributed by atoms with van der Waals surface area (Å²) in [4.78, 5) is 11.4. The lowest BCUT2D eigenvalue weighted by Crippen LogP contribution is -2.09. The molecule has 20 heavy (non-hydrogen) atoms. The fraction of sp³-hybridized carbons (Fsp3) is 0.0769. The van der Waals surface area contributed by atoms with E-state index in [-0.39, 0.29) is 5.69 Å². The summed E-state index contributed by atoms with van der Waals surface area (Å²) in [5, 5.41) is 11.5. The number of hydrogen-bond acceptors (Lipinski definition) is 5. The van der Waals surface area contributed by atoms with E-state index >= 15 is 0 Å². The first-order valence-corrected chi connectivity index (χ1v) is 7.09. The van der Waals surface area contributed by atoms with Crippen LogP contribution in [0.2, 0.25) is 5.02 Å². The number of non-ortho nitro benzene ring substituents is 1. The summed E-state index contributed by atoms with van der Waals surface area (Å²) in [7, 11) is 0. The Bertz CT molecular complexity index is 637. The van der Waals surface area contributed by atoms with E-state index in [2.05, 4.69) is 5.43 Å². The van der Waals surface area contributed by atoms with Gasteiger partial charge in [-0.05, 0) is 29.8 Å². The van der Waals surface area contributed by atoms with Crippen LogP contribution in [0.15, 0.2) is 47.4 Å². The van der Waals surface area contributed by atoms with Crippen LogP contribution in [0.4, 0.5) is 11.4 Å². The highest BCUT2D eigenvalue weighted by Gasteiger charge is 2.10. The molecular weight excluding hydrogens is 298 g/mol. The minimum Gasteiger partial charge on any atom is -0.324 e. The topological polar surface area (TPSA) is 81.2 Å². The van der Waals surface area contributed by atoms with Gasteiger partial charge in [-0.25, -0.2) is 0 Å². The Morgan fingerprint density at radius 2 is 2.10 bits per heavy atom. The number of nitrogens with two attached hydrogens (primary N) is 1. The Balaban J connectivity index is 2.19. The molecular formula is C13H12ClN3O2S. The first-order chi connectivity index (χ1) is 9.60. The van der Waals surface area contributed by atoms with Gasteiger partial charge in [-0.2, -0.15) is 0 Å². The minimum atomic E-state index is -0.423. The van der Waals surface area contributed by atoms with Crippen molar-refractivity contribution in [2.75, 3.05) is 5.43 Å². The molecule has 0 aliphatic carbocycles. The molecule has 0 saturated heterocycles. The van der Waals surface area contributed by atoms with E-state index in [1.165, 1.54) is 23.9 Å². The molecule has 0 unspecified atom stereocenters. The molecule has 0 aromatic heterocycles. The van der Waals surface area contributed by atoms with E-state index in [0.717, 1.165) is 10.5 Å². The van der Waals surface area contributed by atoms with Gasteiger partial charge >= 0.3 is 0 Å². The summed E-state index contributed by atoms with van der Waals surface area (Å²) in [6, 6.07) is 12.0. The molecule has 0 atom stereocenters. The molecule has 3 N–H and O–H groups in total. The van der Waals surface area contributed by atoms with Gasteiger partial charge in [0.05, 0.1) is 10.6 Å². The van der Waals surface area contributed by atoms with E-state index in [9.17, 15) is 10.1 Å². The molecule has 0 radical (unpaired) electrons. The lowest BCUT2D eigenvalue weighted by molar-refractivity contribution is -0.384. The molecule has 5 nitrogen and oxygen atoms in total. The largest absolute Gasteiger partial charge is 0.324 e. The number of nitro groups is 1. The number of rotatable bonds is 5. The summed E-state index contributed by atoms with van der Waals surface area (Å²) in [6.45, 7) is 0. The van der Waals surface area contributed by atoms with Crippen LogP contribution in [0.25, 0.3) is 0 Å². The molecule has 0 spiro atoms. The number of nitro benzene ring substituents is 1. The van der Waals surface area contributed by atoms with Crippen molar-refractivity contribution in [2.45, 2.75) is 10.6 Å². The summed E-state index contributed by atoms with van der Waals surface area (Å²) in [5.74, 6) is 5.98. The van der Waals surface area contributed by atoms with Crippen LogP contribution < -0.4 is 11.3 Å². The van der Waals surface area contributed by atoms with Crippen molar-refractivity contribution in [3.63, 3.8) is 0 Å². The molecule has 2 aromatic carbocycles. The predicted octanol–water partition coefficient (Wildman–Crippen LogP) is 3.83. The Kier molecular flexibility index (Phi) is 4.84. The lowest BCUT2D eigenvalue weighted by Gasteiger charge is -2.08. The average molecular weight is 310 g/mol. The fourth-order valence-corrected chi connectivity index (χ4v) is 2.87. The third-order valence-electron chi connectivity index (χ3n) is 2.65. The molecule has 0 fully saturated rings. The summed E-state index contributed by atoms with van der Waals surface area (Å²) in [5.41, 5.74) is 4.04. The van der Waals surface area contributed by atoms with Crippen LogP contribution in [0, 0.1) is 10.1 Å². The SMILES string of the molecule is NNc1ccc([N+](=O)[O-])cc1CSc1cccc(Cl)c1. The lowest BCUT2D eigenvalue weighted by atomic mass is 10.2. The van der Waals surface area contributed by atoms with Gasteiger partial charge in [0.25, 0.3) is 5.69 Å². The number of nitrogens with one attached hydrogen (secondary N) is 1. The average Bonchev–Trinajstić information content (AvgIpc) is 2.44. The van der Waals surface area contributed by atoms with Crippen molar-refractivity contribution in [1.82, 2.24) is 0 Å². The van der Waals surface area contributed by atoms with Crippen molar-refractivity contribution < 1.29 is 4.92 Å². The van der Waals surface area contributed by atoms with Crippen LogP contribution in [0.1, 0.15) is 5.56 Å². The summed E-state index contributed by atoms with van der Waals surface area (Å²) >= 11 is 7.45. The number of hydrogen-bond donors (Lipinski definition) is 2. The molecule has 0 aliphatic heterocycles. The van der Waals surface area contributed by atoms with Crippen molar-refractivity contribution in [3.05, 3.63) is 63.2 Å². The number of benzene rings is 2. The van der Waals surface area contributed by atoms with Crippen LogP contribution in [-0.4, -0.2) is 4.92 Å². The zero-order valence-electron chi connectivity index (χ0n) is 10.4. The van der Waals surface area contributed by atoms with E-state index in [1.807, 2.05) is 18.2 Å². The Labute approximate surface area is 125 Å². The van der Waals surface area contributed by atoms with E-state index in [1.54, 1.807) is 12.1 Å². The van der Waals surface area contributed by atoms with Gasteiger partial charge in [0, 0.05) is 27.8 Å². The molecule has 2 aromatic rings. The third-order valence-corrected chi connectivity index (χ3v) is 3.92. The Hall–Kier alpha value is -1.76. The van der Waals surface area contributed by atoms with Gasteiger partial charge in [0.2, 0.25) is 0 Å². The van der Waals surface area contributed by atoms with E-state index < -0.39 is 4.92 Å². The molecule has 7 heteroatoms. The summed E-state index contributed by atoms with van der Waals surface area (Å²) in [6.07, 6.45) is 0. The monoisotopic (exact) mass is 309 g/mol. The molecule has 0 saturated carbocycles. The van der Waals surface area contributed by atoms with Gasteiger partial charge in [0.15, 0.2) is 0 Å². The highest BCUT2D eigenvalue weighted by molar-refractivity contribution is 7.98. The highest BCUT2D eigenvalue weighted by atomic mass is 35.5.